The molecule has 2 heterocycles. The van der Waals surface area contributed by atoms with E-state index in [4.69, 9.17) is 0 Å². The fraction of sp³-hybridized carbons (Fsp3) is 0.278. The van der Waals surface area contributed by atoms with E-state index in [-0.39, 0.29) is 30.4 Å². The lowest BCUT2D eigenvalue weighted by molar-refractivity contribution is -0.142. The van der Waals surface area contributed by atoms with Crippen LogP contribution in [0, 0.1) is 0 Å². The Morgan fingerprint density at radius 3 is 1.71 bits per heavy atom. The molecular formula is C36H37N3O2. The van der Waals surface area contributed by atoms with Gasteiger partial charge in [-0.2, -0.15) is 0 Å². The molecule has 6 rings (SSSR count). The molecule has 41 heavy (non-hydrogen) atoms. The minimum absolute atomic E-state index is 0.0164. The smallest absolute Gasteiger partial charge is 0.242 e. The number of carbonyl (C=O) groups excluding carboxylic acids is 2. The van der Waals surface area contributed by atoms with Gasteiger partial charge in [0, 0.05) is 32.2 Å². The highest BCUT2D eigenvalue weighted by atomic mass is 16.2. The Morgan fingerprint density at radius 1 is 0.732 bits per heavy atom. The van der Waals surface area contributed by atoms with Crippen molar-refractivity contribution in [3.63, 3.8) is 0 Å². The molecule has 0 aromatic heterocycles. The highest BCUT2D eigenvalue weighted by molar-refractivity contribution is 5.96. The van der Waals surface area contributed by atoms with Crippen LogP contribution in [-0.4, -0.2) is 65.3 Å². The van der Waals surface area contributed by atoms with Gasteiger partial charge >= 0.3 is 0 Å². The predicted octanol–water partition coefficient (Wildman–Crippen LogP) is 5.53. The van der Waals surface area contributed by atoms with E-state index in [1.54, 1.807) is 4.90 Å². The molecule has 4 aromatic rings. The Balaban J connectivity index is 1.18. The van der Waals surface area contributed by atoms with Crippen LogP contribution in [0.3, 0.4) is 0 Å². The molecule has 0 unspecified atom stereocenters. The van der Waals surface area contributed by atoms with Crippen LogP contribution < -0.4 is 0 Å². The molecule has 4 aromatic carbocycles. The lowest BCUT2D eigenvalue weighted by Crippen LogP contribution is -2.56. The number of carbonyl (C=O) groups is 2. The Hall–Kier alpha value is -4.22. The zero-order chi connectivity index (χ0) is 28.2. The van der Waals surface area contributed by atoms with Crippen molar-refractivity contribution in [2.45, 2.75) is 30.8 Å². The Kier molecular flexibility index (Phi) is 7.71. The van der Waals surface area contributed by atoms with E-state index in [2.05, 4.69) is 72.5 Å². The summed E-state index contributed by atoms with van der Waals surface area (Å²) >= 11 is 0. The molecule has 1 atom stereocenters. The van der Waals surface area contributed by atoms with Crippen LogP contribution in [0.2, 0.25) is 0 Å². The number of hydrogen-bond acceptors (Lipinski definition) is 3. The average molecular weight is 544 g/mol. The monoisotopic (exact) mass is 543 g/mol. The minimum atomic E-state index is -0.758. The van der Waals surface area contributed by atoms with Crippen molar-refractivity contribution in [2.75, 3.05) is 32.7 Å². The lowest BCUT2D eigenvalue weighted by atomic mass is 9.73. The van der Waals surface area contributed by atoms with Crippen molar-refractivity contribution in [3.8, 4) is 0 Å². The van der Waals surface area contributed by atoms with Gasteiger partial charge in [-0.1, -0.05) is 121 Å². The topological polar surface area (TPSA) is 43.9 Å². The summed E-state index contributed by atoms with van der Waals surface area (Å²) in [5.74, 6) is 0.0427. The predicted molar refractivity (Wildman–Crippen MR) is 162 cm³/mol. The average Bonchev–Trinajstić information content (AvgIpc) is 3.35. The Labute approximate surface area is 243 Å². The first-order valence-corrected chi connectivity index (χ1v) is 14.6. The molecular weight excluding hydrogens is 506 g/mol. The second kappa shape index (κ2) is 11.7. The van der Waals surface area contributed by atoms with Crippen LogP contribution >= 0.6 is 0 Å². The summed E-state index contributed by atoms with van der Waals surface area (Å²) in [6.07, 6.45) is 0.659. The Bertz CT molecular complexity index is 1380. The lowest BCUT2D eigenvalue weighted by Gasteiger charge is -2.44. The molecule has 0 radical (unpaired) electrons. The third-order valence-corrected chi connectivity index (χ3v) is 8.84. The van der Waals surface area contributed by atoms with Crippen molar-refractivity contribution < 1.29 is 9.59 Å². The van der Waals surface area contributed by atoms with Crippen LogP contribution in [-0.2, 0) is 15.0 Å². The van der Waals surface area contributed by atoms with E-state index < -0.39 is 5.41 Å². The van der Waals surface area contributed by atoms with Gasteiger partial charge in [0.1, 0.15) is 5.41 Å². The van der Waals surface area contributed by atoms with Crippen molar-refractivity contribution >= 4 is 11.8 Å². The summed E-state index contributed by atoms with van der Waals surface area (Å²) in [6, 6.07) is 41.4. The quantitative estimate of drug-likeness (QED) is 0.308. The van der Waals surface area contributed by atoms with E-state index in [0.29, 0.717) is 19.5 Å². The minimum Gasteiger partial charge on any atom is -0.336 e. The number of piperazine rings is 1. The summed E-state index contributed by atoms with van der Waals surface area (Å²) in [5, 5.41) is 0. The molecule has 5 heteroatoms. The van der Waals surface area contributed by atoms with Crippen molar-refractivity contribution in [1.82, 2.24) is 14.7 Å². The largest absolute Gasteiger partial charge is 0.336 e. The first-order valence-electron chi connectivity index (χ1n) is 14.6. The third kappa shape index (κ3) is 5.18. The number of benzene rings is 4. The maximum absolute atomic E-state index is 14.1. The summed E-state index contributed by atoms with van der Waals surface area (Å²) in [5.41, 5.74) is 3.73. The van der Waals surface area contributed by atoms with Gasteiger partial charge in [0.05, 0.1) is 12.6 Å². The van der Waals surface area contributed by atoms with E-state index >= 15 is 0 Å². The van der Waals surface area contributed by atoms with Crippen LogP contribution in [0.5, 0.6) is 0 Å². The molecule has 2 saturated heterocycles. The molecule has 2 amide bonds. The fourth-order valence-electron chi connectivity index (χ4n) is 6.81. The number of hydrogen-bond donors (Lipinski definition) is 0. The molecule has 5 nitrogen and oxygen atoms in total. The number of rotatable bonds is 7. The third-order valence-electron chi connectivity index (χ3n) is 8.84. The second-order valence-electron chi connectivity index (χ2n) is 11.3. The van der Waals surface area contributed by atoms with Gasteiger partial charge < -0.3 is 9.80 Å². The van der Waals surface area contributed by atoms with Gasteiger partial charge in [0.2, 0.25) is 11.8 Å². The van der Waals surface area contributed by atoms with Crippen molar-refractivity contribution in [2.24, 2.45) is 0 Å². The first kappa shape index (κ1) is 27.0. The Morgan fingerprint density at radius 2 is 1.22 bits per heavy atom. The molecule has 0 saturated carbocycles. The molecule has 2 aliphatic rings. The van der Waals surface area contributed by atoms with Crippen molar-refractivity contribution in [3.05, 3.63) is 144 Å². The number of amides is 2. The number of likely N-dealkylation sites (tertiary alicyclic amines) is 1. The molecule has 2 fully saturated rings. The summed E-state index contributed by atoms with van der Waals surface area (Å²) < 4.78 is 0. The summed E-state index contributed by atoms with van der Waals surface area (Å²) in [6.45, 7) is 4.99. The summed E-state index contributed by atoms with van der Waals surface area (Å²) in [4.78, 5) is 34.1. The standard InChI is InChI=1S/C36H37N3O2/c1-28-26-37(34(29-14-6-2-7-15-29)30-16-8-3-9-17-30)24-25-39(28)33(40)27-38-23-22-36(35(38)41,31-18-10-4-11-19-31)32-20-12-5-13-21-32/h2-21,28,34H,22-27H2,1H3/t28-/m1/s1. The van der Waals surface area contributed by atoms with Crippen LogP contribution in [0.25, 0.3) is 0 Å². The highest BCUT2D eigenvalue weighted by Gasteiger charge is 2.50. The first-order chi connectivity index (χ1) is 20.1. The zero-order valence-electron chi connectivity index (χ0n) is 23.6. The second-order valence-corrected chi connectivity index (χ2v) is 11.3. The normalized spacial score (nSPS) is 19.1. The molecule has 0 spiro atoms. The van der Waals surface area contributed by atoms with Gasteiger partial charge in [-0.15, -0.1) is 0 Å². The van der Waals surface area contributed by atoms with Gasteiger partial charge in [0.15, 0.2) is 0 Å². The van der Waals surface area contributed by atoms with E-state index in [9.17, 15) is 9.59 Å². The fourth-order valence-corrected chi connectivity index (χ4v) is 6.81. The maximum atomic E-state index is 14.1. The van der Waals surface area contributed by atoms with Gasteiger partial charge in [-0.25, -0.2) is 0 Å². The van der Waals surface area contributed by atoms with Crippen LogP contribution in [0.4, 0.5) is 0 Å². The van der Waals surface area contributed by atoms with E-state index in [1.807, 2.05) is 65.6 Å². The molecule has 208 valence electrons. The van der Waals surface area contributed by atoms with E-state index in [0.717, 1.165) is 24.2 Å². The summed E-state index contributed by atoms with van der Waals surface area (Å²) in [7, 11) is 0. The highest BCUT2D eigenvalue weighted by Crippen LogP contribution is 2.42. The zero-order valence-corrected chi connectivity index (χ0v) is 23.6. The van der Waals surface area contributed by atoms with Crippen molar-refractivity contribution in [1.29, 1.82) is 0 Å². The molecule has 0 aliphatic carbocycles. The SMILES string of the molecule is C[C@@H]1CN(C(c2ccccc2)c2ccccc2)CCN1C(=O)CN1CCC(c2ccccc2)(c2ccccc2)C1=O. The van der Waals surface area contributed by atoms with Gasteiger partial charge in [-0.3, -0.25) is 14.5 Å². The molecule has 2 aliphatic heterocycles. The molecule has 0 bridgehead atoms. The maximum Gasteiger partial charge on any atom is 0.242 e. The number of nitrogens with zero attached hydrogens (tertiary/aromatic N) is 3. The van der Waals surface area contributed by atoms with Crippen LogP contribution in [0.1, 0.15) is 41.6 Å². The van der Waals surface area contributed by atoms with Crippen LogP contribution in [0.15, 0.2) is 121 Å². The van der Waals surface area contributed by atoms with Gasteiger partial charge in [0.25, 0.3) is 0 Å². The molecule has 0 N–H and O–H groups in total. The van der Waals surface area contributed by atoms with Gasteiger partial charge in [-0.05, 0) is 35.6 Å². The van der Waals surface area contributed by atoms with E-state index in [1.165, 1.54) is 11.1 Å².